The standard InChI is InChI=1S/C11H15NO3/c1-2-12(7-3-6-11(13)14)9-10-5-4-8-15-10/h3-6,8H,2,7,9H2,1H3,(H,13,14). The van der Waals surface area contributed by atoms with Crippen molar-refractivity contribution in [3.8, 4) is 0 Å². The van der Waals surface area contributed by atoms with Gasteiger partial charge in [-0.2, -0.15) is 0 Å². The van der Waals surface area contributed by atoms with E-state index >= 15 is 0 Å². The molecule has 0 aromatic carbocycles. The predicted molar refractivity (Wildman–Crippen MR) is 56.4 cm³/mol. The van der Waals surface area contributed by atoms with E-state index in [9.17, 15) is 4.79 Å². The van der Waals surface area contributed by atoms with Gasteiger partial charge in [-0.3, -0.25) is 4.90 Å². The van der Waals surface area contributed by atoms with Crippen LogP contribution in [0.4, 0.5) is 0 Å². The first-order valence-electron chi connectivity index (χ1n) is 4.86. The number of rotatable bonds is 6. The summed E-state index contributed by atoms with van der Waals surface area (Å²) in [4.78, 5) is 12.3. The van der Waals surface area contributed by atoms with Gasteiger partial charge < -0.3 is 9.52 Å². The zero-order valence-electron chi connectivity index (χ0n) is 8.72. The van der Waals surface area contributed by atoms with Crippen LogP contribution in [0.5, 0.6) is 0 Å². The molecule has 0 bridgehead atoms. The van der Waals surface area contributed by atoms with Crippen molar-refractivity contribution in [3.05, 3.63) is 36.3 Å². The quantitative estimate of drug-likeness (QED) is 0.725. The highest BCUT2D eigenvalue weighted by molar-refractivity contribution is 5.79. The summed E-state index contributed by atoms with van der Waals surface area (Å²) >= 11 is 0. The molecule has 1 aromatic rings. The van der Waals surface area contributed by atoms with Gasteiger partial charge in [0, 0.05) is 12.6 Å². The Labute approximate surface area is 88.8 Å². The molecule has 0 aliphatic rings. The summed E-state index contributed by atoms with van der Waals surface area (Å²) in [6.07, 6.45) is 4.43. The monoisotopic (exact) mass is 209 g/mol. The number of carboxylic acids is 1. The van der Waals surface area contributed by atoms with Crippen molar-refractivity contribution in [2.45, 2.75) is 13.5 Å². The van der Waals surface area contributed by atoms with Crippen LogP contribution in [0, 0.1) is 0 Å². The molecule has 0 aliphatic heterocycles. The third-order valence-electron chi connectivity index (χ3n) is 2.03. The predicted octanol–water partition coefficient (Wildman–Crippen LogP) is 1.74. The average molecular weight is 209 g/mol. The molecule has 0 amide bonds. The lowest BCUT2D eigenvalue weighted by atomic mass is 10.3. The van der Waals surface area contributed by atoms with Crippen molar-refractivity contribution < 1.29 is 14.3 Å². The molecule has 82 valence electrons. The maximum Gasteiger partial charge on any atom is 0.328 e. The third kappa shape index (κ3) is 4.46. The van der Waals surface area contributed by atoms with Gasteiger partial charge in [0.05, 0.1) is 12.8 Å². The summed E-state index contributed by atoms with van der Waals surface area (Å²) in [6.45, 7) is 4.19. The Balaban J connectivity index is 2.39. The molecule has 15 heavy (non-hydrogen) atoms. The lowest BCUT2D eigenvalue weighted by Crippen LogP contribution is -2.22. The molecule has 0 saturated heterocycles. The smallest absolute Gasteiger partial charge is 0.328 e. The minimum absolute atomic E-state index is 0.615. The van der Waals surface area contributed by atoms with Crippen LogP contribution in [-0.4, -0.2) is 29.1 Å². The van der Waals surface area contributed by atoms with E-state index in [0.717, 1.165) is 18.4 Å². The lowest BCUT2D eigenvalue weighted by molar-refractivity contribution is -0.131. The van der Waals surface area contributed by atoms with E-state index < -0.39 is 5.97 Å². The van der Waals surface area contributed by atoms with Crippen LogP contribution in [-0.2, 0) is 11.3 Å². The SMILES string of the molecule is CCN(CC=CC(=O)O)Cc1ccco1. The Morgan fingerprint density at radius 3 is 3.00 bits per heavy atom. The molecule has 1 aromatic heterocycles. The first-order chi connectivity index (χ1) is 7.22. The van der Waals surface area contributed by atoms with Crippen LogP contribution >= 0.6 is 0 Å². The van der Waals surface area contributed by atoms with Gasteiger partial charge in [0.1, 0.15) is 5.76 Å². The normalized spacial score (nSPS) is 11.3. The number of likely N-dealkylation sites (N-methyl/N-ethyl adjacent to an activating group) is 1. The number of carbonyl (C=O) groups is 1. The first-order valence-corrected chi connectivity index (χ1v) is 4.86. The Kier molecular flexibility index (Phi) is 4.63. The van der Waals surface area contributed by atoms with Gasteiger partial charge in [-0.1, -0.05) is 13.0 Å². The molecule has 0 radical (unpaired) electrons. The Morgan fingerprint density at radius 1 is 1.67 bits per heavy atom. The highest BCUT2D eigenvalue weighted by Crippen LogP contribution is 2.04. The number of hydrogen-bond acceptors (Lipinski definition) is 3. The highest BCUT2D eigenvalue weighted by Gasteiger charge is 2.03. The highest BCUT2D eigenvalue weighted by atomic mass is 16.4. The van der Waals surface area contributed by atoms with E-state index in [1.54, 1.807) is 12.3 Å². The Hall–Kier alpha value is -1.55. The molecule has 0 fully saturated rings. The average Bonchev–Trinajstić information content (AvgIpc) is 2.68. The van der Waals surface area contributed by atoms with E-state index in [1.807, 2.05) is 19.1 Å². The zero-order chi connectivity index (χ0) is 11.1. The van der Waals surface area contributed by atoms with E-state index in [2.05, 4.69) is 4.90 Å². The fourth-order valence-electron chi connectivity index (χ4n) is 1.23. The minimum Gasteiger partial charge on any atom is -0.478 e. The zero-order valence-corrected chi connectivity index (χ0v) is 8.72. The summed E-state index contributed by atoms with van der Waals surface area (Å²) < 4.78 is 5.21. The molecular weight excluding hydrogens is 194 g/mol. The van der Waals surface area contributed by atoms with Gasteiger partial charge in [-0.15, -0.1) is 0 Å². The first kappa shape index (κ1) is 11.5. The van der Waals surface area contributed by atoms with Gasteiger partial charge in [-0.25, -0.2) is 4.79 Å². The summed E-state index contributed by atoms with van der Waals surface area (Å²) in [7, 11) is 0. The van der Waals surface area contributed by atoms with Crippen LogP contribution in [0.15, 0.2) is 35.0 Å². The number of furan rings is 1. The van der Waals surface area contributed by atoms with Crippen molar-refractivity contribution >= 4 is 5.97 Å². The second-order valence-electron chi connectivity index (χ2n) is 3.15. The Bertz CT molecular complexity index is 317. The maximum atomic E-state index is 10.3. The van der Waals surface area contributed by atoms with Crippen molar-refractivity contribution in [2.75, 3.05) is 13.1 Å². The van der Waals surface area contributed by atoms with Gasteiger partial charge >= 0.3 is 5.97 Å². The lowest BCUT2D eigenvalue weighted by Gasteiger charge is -2.16. The molecule has 4 heteroatoms. The van der Waals surface area contributed by atoms with E-state index in [4.69, 9.17) is 9.52 Å². The number of hydrogen-bond donors (Lipinski definition) is 1. The van der Waals surface area contributed by atoms with Crippen molar-refractivity contribution in [1.29, 1.82) is 0 Å². The van der Waals surface area contributed by atoms with Gasteiger partial charge in [0.25, 0.3) is 0 Å². The molecular formula is C11H15NO3. The van der Waals surface area contributed by atoms with Crippen LogP contribution in [0.1, 0.15) is 12.7 Å². The summed E-state index contributed by atoms with van der Waals surface area (Å²) in [5.41, 5.74) is 0. The molecule has 1 rings (SSSR count). The van der Waals surface area contributed by atoms with Gasteiger partial charge in [-0.05, 0) is 18.7 Å². The third-order valence-corrected chi connectivity index (χ3v) is 2.03. The second kappa shape index (κ2) is 6.03. The molecule has 0 aliphatic carbocycles. The minimum atomic E-state index is -0.913. The number of carboxylic acid groups (broad SMARTS) is 1. The van der Waals surface area contributed by atoms with E-state index in [1.165, 1.54) is 0 Å². The maximum absolute atomic E-state index is 10.3. The van der Waals surface area contributed by atoms with Crippen LogP contribution in [0.25, 0.3) is 0 Å². The molecule has 1 N–H and O–H groups in total. The topological polar surface area (TPSA) is 53.7 Å². The molecule has 0 saturated carbocycles. The molecule has 0 unspecified atom stereocenters. The summed E-state index contributed by atoms with van der Waals surface area (Å²) in [5.74, 6) is -0.0235. The molecule has 4 nitrogen and oxygen atoms in total. The molecule has 0 spiro atoms. The number of nitrogens with zero attached hydrogens (tertiary/aromatic N) is 1. The van der Waals surface area contributed by atoms with E-state index in [-0.39, 0.29) is 0 Å². The fraction of sp³-hybridized carbons (Fsp3) is 0.364. The van der Waals surface area contributed by atoms with Crippen LogP contribution in [0.3, 0.4) is 0 Å². The molecule has 0 atom stereocenters. The second-order valence-corrected chi connectivity index (χ2v) is 3.15. The van der Waals surface area contributed by atoms with E-state index in [0.29, 0.717) is 13.1 Å². The van der Waals surface area contributed by atoms with Crippen molar-refractivity contribution in [1.82, 2.24) is 4.90 Å². The molecule has 1 heterocycles. The summed E-state index contributed by atoms with van der Waals surface area (Å²) in [6, 6.07) is 3.75. The van der Waals surface area contributed by atoms with Gasteiger partial charge in [0.15, 0.2) is 0 Å². The Morgan fingerprint density at radius 2 is 2.47 bits per heavy atom. The van der Waals surface area contributed by atoms with Crippen molar-refractivity contribution in [2.24, 2.45) is 0 Å². The number of aliphatic carboxylic acids is 1. The van der Waals surface area contributed by atoms with Gasteiger partial charge in [0.2, 0.25) is 0 Å². The summed E-state index contributed by atoms with van der Waals surface area (Å²) in [5, 5.41) is 8.43. The van der Waals surface area contributed by atoms with Crippen LogP contribution in [0.2, 0.25) is 0 Å². The largest absolute Gasteiger partial charge is 0.478 e. The fourth-order valence-corrected chi connectivity index (χ4v) is 1.23. The van der Waals surface area contributed by atoms with Crippen LogP contribution < -0.4 is 0 Å². The van der Waals surface area contributed by atoms with Crippen molar-refractivity contribution in [3.63, 3.8) is 0 Å².